The first-order valence-electron chi connectivity index (χ1n) is 3.44. The molecular weight excluding hydrogens is 192 g/mol. The number of hydrogen-bond acceptors (Lipinski definition) is 2. The van der Waals surface area contributed by atoms with Crippen LogP contribution >= 0.6 is 11.6 Å². The summed E-state index contributed by atoms with van der Waals surface area (Å²) in [6.45, 7) is 3.46. The molecule has 0 saturated carbocycles. The molecule has 2 N–H and O–H groups in total. The summed E-state index contributed by atoms with van der Waals surface area (Å²) in [5, 5.41) is 18.1. The van der Waals surface area contributed by atoms with Gasteiger partial charge < -0.3 is 10.2 Å². The zero-order valence-corrected chi connectivity index (χ0v) is 7.38. The standard InChI is InChI=1S/C9H7ClO3/c1-2-5-3-6(9(12)13)8(11)4-7(5)10/h2-4,11H,1H2,(H,12,13). The Bertz CT molecular complexity index is 371. The quantitative estimate of drug-likeness (QED) is 0.767. The third kappa shape index (κ3) is 1.81. The van der Waals surface area contributed by atoms with Crippen molar-refractivity contribution < 1.29 is 15.0 Å². The molecule has 0 heterocycles. The molecule has 68 valence electrons. The first-order valence-corrected chi connectivity index (χ1v) is 3.82. The molecule has 0 bridgehead atoms. The molecule has 3 nitrogen and oxygen atoms in total. The van der Waals surface area contributed by atoms with E-state index in [1.807, 2.05) is 0 Å². The first-order chi connectivity index (χ1) is 6.06. The molecule has 0 fully saturated rings. The molecule has 1 aromatic rings. The van der Waals surface area contributed by atoms with Gasteiger partial charge >= 0.3 is 5.97 Å². The van der Waals surface area contributed by atoms with Crippen LogP contribution in [-0.2, 0) is 0 Å². The predicted molar refractivity (Wildman–Crippen MR) is 50.2 cm³/mol. The van der Waals surface area contributed by atoms with Crippen LogP contribution in [0, 0.1) is 0 Å². The van der Waals surface area contributed by atoms with Gasteiger partial charge in [-0.2, -0.15) is 0 Å². The lowest BCUT2D eigenvalue weighted by Gasteiger charge is -2.03. The molecule has 0 aliphatic heterocycles. The van der Waals surface area contributed by atoms with Gasteiger partial charge in [0.05, 0.1) is 5.02 Å². The summed E-state index contributed by atoms with van der Waals surface area (Å²) >= 11 is 5.68. The molecule has 0 aromatic heterocycles. The highest BCUT2D eigenvalue weighted by atomic mass is 35.5. The van der Waals surface area contributed by atoms with Crippen molar-refractivity contribution in [3.05, 3.63) is 34.9 Å². The van der Waals surface area contributed by atoms with Crippen LogP contribution in [0.5, 0.6) is 5.75 Å². The Morgan fingerprint density at radius 1 is 1.54 bits per heavy atom. The molecule has 4 heteroatoms. The van der Waals surface area contributed by atoms with Crippen LogP contribution in [-0.4, -0.2) is 16.2 Å². The van der Waals surface area contributed by atoms with E-state index in [4.69, 9.17) is 16.7 Å². The number of phenols is 1. The Balaban J connectivity index is 3.38. The maximum absolute atomic E-state index is 10.6. The number of aromatic carboxylic acids is 1. The molecule has 0 radical (unpaired) electrons. The Morgan fingerprint density at radius 2 is 2.15 bits per heavy atom. The maximum Gasteiger partial charge on any atom is 0.339 e. The first kappa shape index (κ1) is 9.61. The lowest BCUT2D eigenvalue weighted by Crippen LogP contribution is -1.97. The Morgan fingerprint density at radius 3 is 2.62 bits per heavy atom. The van der Waals surface area contributed by atoms with Crippen molar-refractivity contribution in [2.24, 2.45) is 0 Å². The van der Waals surface area contributed by atoms with Gasteiger partial charge in [0, 0.05) is 0 Å². The summed E-state index contributed by atoms with van der Waals surface area (Å²) in [4.78, 5) is 10.6. The van der Waals surface area contributed by atoms with Gasteiger partial charge in [0.1, 0.15) is 11.3 Å². The van der Waals surface area contributed by atoms with Gasteiger partial charge in [0.25, 0.3) is 0 Å². The molecule has 1 rings (SSSR count). The zero-order chi connectivity index (χ0) is 10.0. The highest BCUT2D eigenvalue weighted by Gasteiger charge is 2.11. The largest absolute Gasteiger partial charge is 0.507 e. The van der Waals surface area contributed by atoms with E-state index in [0.717, 1.165) is 0 Å². The maximum atomic E-state index is 10.6. The van der Waals surface area contributed by atoms with Gasteiger partial charge in [-0.25, -0.2) is 4.79 Å². The second-order valence-electron chi connectivity index (χ2n) is 2.40. The normalized spacial score (nSPS) is 9.62. The third-order valence-electron chi connectivity index (χ3n) is 1.57. The summed E-state index contributed by atoms with van der Waals surface area (Å²) in [6.07, 6.45) is 1.42. The number of benzene rings is 1. The Hall–Kier alpha value is -1.48. The number of hydrogen-bond donors (Lipinski definition) is 2. The molecular formula is C9H7ClO3. The molecule has 0 atom stereocenters. The fraction of sp³-hybridized carbons (Fsp3) is 0. The SMILES string of the molecule is C=Cc1cc(C(=O)O)c(O)cc1Cl. The zero-order valence-electron chi connectivity index (χ0n) is 6.62. The average Bonchev–Trinajstić information content (AvgIpc) is 2.03. The van der Waals surface area contributed by atoms with Crippen LogP contribution in [0.4, 0.5) is 0 Å². The topological polar surface area (TPSA) is 57.5 Å². The summed E-state index contributed by atoms with van der Waals surface area (Å²) in [7, 11) is 0. The highest BCUT2D eigenvalue weighted by molar-refractivity contribution is 6.32. The van der Waals surface area contributed by atoms with E-state index < -0.39 is 5.97 Å². The number of aromatic hydroxyl groups is 1. The molecule has 0 saturated heterocycles. The smallest absolute Gasteiger partial charge is 0.339 e. The molecule has 0 amide bonds. The van der Waals surface area contributed by atoms with Crippen molar-refractivity contribution in [2.75, 3.05) is 0 Å². The highest BCUT2D eigenvalue weighted by Crippen LogP contribution is 2.26. The van der Waals surface area contributed by atoms with Crippen LogP contribution in [0.2, 0.25) is 5.02 Å². The molecule has 0 unspecified atom stereocenters. The second kappa shape index (κ2) is 3.49. The molecule has 0 aliphatic carbocycles. The Labute approximate surface area is 79.9 Å². The van der Waals surface area contributed by atoms with Crippen molar-refractivity contribution in [1.82, 2.24) is 0 Å². The minimum Gasteiger partial charge on any atom is -0.507 e. The lowest BCUT2D eigenvalue weighted by atomic mass is 10.1. The fourth-order valence-corrected chi connectivity index (χ4v) is 1.14. The van der Waals surface area contributed by atoms with Gasteiger partial charge in [-0.3, -0.25) is 0 Å². The lowest BCUT2D eigenvalue weighted by molar-refractivity contribution is 0.0693. The van der Waals surface area contributed by atoms with Crippen LogP contribution in [0.1, 0.15) is 15.9 Å². The van der Waals surface area contributed by atoms with Gasteiger partial charge in [0.2, 0.25) is 0 Å². The Kier molecular flexibility index (Phi) is 2.58. The fourth-order valence-electron chi connectivity index (χ4n) is 0.907. The van der Waals surface area contributed by atoms with Crippen molar-refractivity contribution in [3.8, 4) is 5.75 Å². The minimum absolute atomic E-state index is 0.181. The third-order valence-corrected chi connectivity index (χ3v) is 1.89. The number of carboxylic acid groups (broad SMARTS) is 1. The van der Waals surface area contributed by atoms with Crippen LogP contribution < -0.4 is 0 Å². The van der Waals surface area contributed by atoms with E-state index in [-0.39, 0.29) is 16.3 Å². The summed E-state index contributed by atoms with van der Waals surface area (Å²) < 4.78 is 0. The summed E-state index contributed by atoms with van der Waals surface area (Å²) in [5.41, 5.74) is 0.302. The van der Waals surface area contributed by atoms with Crippen molar-refractivity contribution in [3.63, 3.8) is 0 Å². The summed E-state index contributed by atoms with van der Waals surface area (Å²) in [5.74, 6) is -1.54. The van der Waals surface area contributed by atoms with Crippen molar-refractivity contribution >= 4 is 23.6 Å². The van der Waals surface area contributed by atoms with Gasteiger partial charge in [-0.05, 0) is 17.7 Å². The number of rotatable bonds is 2. The van der Waals surface area contributed by atoms with Gasteiger partial charge in [-0.15, -0.1) is 0 Å². The predicted octanol–water partition coefficient (Wildman–Crippen LogP) is 2.39. The molecule has 0 spiro atoms. The van der Waals surface area contributed by atoms with E-state index >= 15 is 0 Å². The number of carbonyl (C=O) groups is 1. The minimum atomic E-state index is -1.20. The van der Waals surface area contributed by atoms with Crippen molar-refractivity contribution in [1.29, 1.82) is 0 Å². The van der Waals surface area contributed by atoms with E-state index in [1.165, 1.54) is 18.2 Å². The van der Waals surface area contributed by atoms with Gasteiger partial charge in [0.15, 0.2) is 0 Å². The molecule has 0 aliphatic rings. The van der Waals surface area contributed by atoms with Gasteiger partial charge in [-0.1, -0.05) is 24.3 Å². The van der Waals surface area contributed by atoms with E-state index in [9.17, 15) is 9.90 Å². The monoisotopic (exact) mass is 198 g/mol. The number of halogens is 1. The van der Waals surface area contributed by atoms with E-state index in [0.29, 0.717) is 5.56 Å². The molecule has 13 heavy (non-hydrogen) atoms. The molecule has 1 aromatic carbocycles. The van der Waals surface area contributed by atoms with Crippen molar-refractivity contribution in [2.45, 2.75) is 0 Å². The second-order valence-corrected chi connectivity index (χ2v) is 2.81. The average molecular weight is 199 g/mol. The summed E-state index contributed by atoms with van der Waals surface area (Å²) in [6, 6.07) is 2.45. The van der Waals surface area contributed by atoms with E-state index in [2.05, 4.69) is 6.58 Å². The van der Waals surface area contributed by atoms with Crippen LogP contribution in [0.15, 0.2) is 18.7 Å². The van der Waals surface area contributed by atoms with E-state index in [1.54, 1.807) is 0 Å². The number of carboxylic acids is 1. The van der Waals surface area contributed by atoms with Crippen LogP contribution in [0.25, 0.3) is 6.08 Å². The van der Waals surface area contributed by atoms with Crippen LogP contribution in [0.3, 0.4) is 0 Å².